The summed E-state index contributed by atoms with van der Waals surface area (Å²) >= 11 is 0. The molecule has 1 aliphatic rings. The summed E-state index contributed by atoms with van der Waals surface area (Å²) in [6, 6.07) is 12.4. The number of fused-ring (bicyclic) bond motifs is 1. The Morgan fingerprint density at radius 2 is 1.78 bits per heavy atom. The van der Waals surface area contributed by atoms with Crippen molar-refractivity contribution in [1.82, 2.24) is 0 Å². The fourth-order valence-electron chi connectivity index (χ4n) is 3.23. The average Bonchev–Trinajstić information content (AvgIpc) is 2.95. The molecule has 1 atom stereocenters. The van der Waals surface area contributed by atoms with E-state index in [9.17, 15) is 0 Å². The van der Waals surface area contributed by atoms with E-state index in [0.29, 0.717) is 6.61 Å². The van der Waals surface area contributed by atoms with E-state index in [1.54, 1.807) is 14.2 Å². The van der Waals surface area contributed by atoms with E-state index in [0.717, 1.165) is 22.8 Å². The van der Waals surface area contributed by atoms with Crippen LogP contribution in [-0.2, 0) is 5.41 Å². The van der Waals surface area contributed by atoms with E-state index in [1.807, 2.05) is 12.1 Å². The SMILES string of the molecule is COc1ccc2c(c1)C(c1cccc(C(C)(C)C)c1OC)CO2. The van der Waals surface area contributed by atoms with E-state index in [4.69, 9.17) is 14.2 Å². The highest BCUT2D eigenvalue weighted by atomic mass is 16.5. The fourth-order valence-corrected chi connectivity index (χ4v) is 3.23. The minimum absolute atomic E-state index is 0.0258. The molecule has 122 valence electrons. The topological polar surface area (TPSA) is 27.7 Å². The van der Waals surface area contributed by atoms with Crippen LogP contribution >= 0.6 is 0 Å². The lowest BCUT2D eigenvalue weighted by atomic mass is 9.82. The minimum Gasteiger partial charge on any atom is -0.497 e. The minimum atomic E-state index is 0.0258. The quantitative estimate of drug-likeness (QED) is 0.833. The Bertz CT molecular complexity index is 713. The molecule has 0 saturated heterocycles. The molecule has 0 amide bonds. The van der Waals surface area contributed by atoms with E-state index >= 15 is 0 Å². The third-order valence-electron chi connectivity index (χ3n) is 4.43. The molecule has 0 N–H and O–H groups in total. The summed E-state index contributed by atoms with van der Waals surface area (Å²) < 4.78 is 17.1. The predicted molar refractivity (Wildman–Crippen MR) is 92.0 cm³/mol. The molecule has 1 aliphatic heterocycles. The first-order valence-electron chi connectivity index (χ1n) is 7.94. The Morgan fingerprint density at radius 1 is 1.00 bits per heavy atom. The van der Waals surface area contributed by atoms with Gasteiger partial charge in [-0.2, -0.15) is 0 Å². The van der Waals surface area contributed by atoms with Gasteiger partial charge in [0.25, 0.3) is 0 Å². The normalized spacial score (nSPS) is 16.7. The maximum atomic E-state index is 5.88. The third kappa shape index (κ3) is 2.76. The summed E-state index contributed by atoms with van der Waals surface area (Å²) in [5.74, 6) is 2.91. The van der Waals surface area contributed by atoms with Crippen LogP contribution in [0.5, 0.6) is 17.2 Å². The lowest BCUT2D eigenvalue weighted by molar-refractivity contribution is 0.336. The smallest absolute Gasteiger partial charge is 0.126 e. The third-order valence-corrected chi connectivity index (χ3v) is 4.43. The molecule has 0 radical (unpaired) electrons. The predicted octanol–water partition coefficient (Wildman–Crippen LogP) is 4.53. The molecular weight excluding hydrogens is 288 g/mol. The highest BCUT2D eigenvalue weighted by Gasteiger charge is 2.31. The zero-order chi connectivity index (χ0) is 16.6. The number of benzene rings is 2. The van der Waals surface area contributed by atoms with Crippen LogP contribution in [0.25, 0.3) is 0 Å². The van der Waals surface area contributed by atoms with Gasteiger partial charge in [0.15, 0.2) is 0 Å². The number of para-hydroxylation sites is 1. The van der Waals surface area contributed by atoms with Crippen molar-refractivity contribution in [1.29, 1.82) is 0 Å². The van der Waals surface area contributed by atoms with Gasteiger partial charge in [0.05, 0.1) is 26.7 Å². The van der Waals surface area contributed by atoms with Crippen molar-refractivity contribution >= 4 is 0 Å². The van der Waals surface area contributed by atoms with Gasteiger partial charge in [-0.05, 0) is 29.2 Å². The molecule has 0 aliphatic carbocycles. The van der Waals surface area contributed by atoms with Crippen LogP contribution in [-0.4, -0.2) is 20.8 Å². The molecule has 0 fully saturated rings. The summed E-state index contributed by atoms with van der Waals surface area (Å²) in [6.07, 6.45) is 0. The van der Waals surface area contributed by atoms with Gasteiger partial charge in [-0.1, -0.05) is 39.0 Å². The first-order chi connectivity index (χ1) is 11.0. The molecule has 1 heterocycles. The maximum absolute atomic E-state index is 5.88. The fraction of sp³-hybridized carbons (Fsp3) is 0.400. The zero-order valence-corrected chi connectivity index (χ0v) is 14.5. The van der Waals surface area contributed by atoms with Crippen molar-refractivity contribution in [2.45, 2.75) is 32.1 Å². The summed E-state index contributed by atoms with van der Waals surface area (Å²) in [7, 11) is 3.43. The molecule has 3 nitrogen and oxygen atoms in total. The van der Waals surface area contributed by atoms with E-state index in [-0.39, 0.29) is 11.3 Å². The number of hydrogen-bond donors (Lipinski definition) is 0. The molecule has 0 aromatic heterocycles. The molecule has 2 aromatic rings. The second kappa shape index (κ2) is 5.80. The van der Waals surface area contributed by atoms with Crippen LogP contribution in [0.4, 0.5) is 0 Å². The van der Waals surface area contributed by atoms with Crippen molar-refractivity contribution in [2.24, 2.45) is 0 Å². The Hall–Kier alpha value is -2.16. The Labute approximate surface area is 138 Å². The molecule has 3 rings (SSSR count). The standard InChI is InChI=1S/C20H24O3/c1-20(2,3)17-8-6-7-14(19(17)22-5)16-12-23-18-10-9-13(21-4)11-15(16)18/h6-11,16H,12H2,1-5H3. The molecule has 1 unspecified atom stereocenters. The van der Waals surface area contributed by atoms with Crippen LogP contribution in [0.1, 0.15) is 43.4 Å². The van der Waals surface area contributed by atoms with Crippen molar-refractivity contribution in [3.63, 3.8) is 0 Å². The zero-order valence-electron chi connectivity index (χ0n) is 14.5. The van der Waals surface area contributed by atoms with Crippen molar-refractivity contribution < 1.29 is 14.2 Å². The summed E-state index contributed by atoms with van der Waals surface area (Å²) in [4.78, 5) is 0. The van der Waals surface area contributed by atoms with Gasteiger partial charge in [0.2, 0.25) is 0 Å². The Kier molecular flexibility index (Phi) is 3.97. The van der Waals surface area contributed by atoms with Gasteiger partial charge in [0, 0.05) is 11.1 Å². The summed E-state index contributed by atoms with van der Waals surface area (Å²) in [6.45, 7) is 7.25. The number of ether oxygens (including phenoxy) is 3. The first-order valence-corrected chi connectivity index (χ1v) is 7.94. The first kappa shape index (κ1) is 15.7. The largest absolute Gasteiger partial charge is 0.497 e. The van der Waals surface area contributed by atoms with Crippen molar-refractivity contribution in [3.8, 4) is 17.2 Å². The Morgan fingerprint density at radius 3 is 2.43 bits per heavy atom. The Balaban J connectivity index is 2.12. The van der Waals surface area contributed by atoms with Crippen molar-refractivity contribution in [2.75, 3.05) is 20.8 Å². The second-order valence-corrected chi connectivity index (χ2v) is 6.95. The van der Waals surface area contributed by atoms with E-state index in [2.05, 4.69) is 45.0 Å². The van der Waals surface area contributed by atoms with Gasteiger partial charge in [-0.15, -0.1) is 0 Å². The summed E-state index contributed by atoms with van der Waals surface area (Å²) in [5.41, 5.74) is 3.58. The lowest BCUT2D eigenvalue weighted by Crippen LogP contribution is -2.15. The van der Waals surface area contributed by atoms with Gasteiger partial charge >= 0.3 is 0 Å². The number of hydrogen-bond acceptors (Lipinski definition) is 3. The number of rotatable bonds is 3. The van der Waals surface area contributed by atoms with Gasteiger partial charge in [-0.3, -0.25) is 0 Å². The molecule has 23 heavy (non-hydrogen) atoms. The van der Waals surface area contributed by atoms with Crippen LogP contribution in [0.15, 0.2) is 36.4 Å². The van der Waals surface area contributed by atoms with E-state index < -0.39 is 0 Å². The highest BCUT2D eigenvalue weighted by molar-refractivity contribution is 5.55. The molecule has 0 bridgehead atoms. The molecule has 2 aromatic carbocycles. The number of methoxy groups -OCH3 is 2. The lowest BCUT2D eigenvalue weighted by Gasteiger charge is -2.25. The molecule has 0 saturated carbocycles. The maximum Gasteiger partial charge on any atom is 0.126 e. The second-order valence-electron chi connectivity index (χ2n) is 6.95. The van der Waals surface area contributed by atoms with Crippen LogP contribution in [0.2, 0.25) is 0 Å². The van der Waals surface area contributed by atoms with Gasteiger partial charge < -0.3 is 14.2 Å². The van der Waals surface area contributed by atoms with Crippen LogP contribution in [0.3, 0.4) is 0 Å². The molecule has 0 spiro atoms. The van der Waals surface area contributed by atoms with Crippen LogP contribution < -0.4 is 14.2 Å². The summed E-state index contributed by atoms with van der Waals surface area (Å²) in [5, 5.41) is 0. The van der Waals surface area contributed by atoms with Crippen molar-refractivity contribution in [3.05, 3.63) is 53.1 Å². The van der Waals surface area contributed by atoms with Gasteiger partial charge in [-0.25, -0.2) is 0 Å². The molecular formula is C20H24O3. The average molecular weight is 312 g/mol. The molecule has 3 heteroatoms. The monoisotopic (exact) mass is 312 g/mol. The van der Waals surface area contributed by atoms with E-state index in [1.165, 1.54) is 11.1 Å². The van der Waals surface area contributed by atoms with Gasteiger partial charge in [0.1, 0.15) is 17.2 Å². The van der Waals surface area contributed by atoms with Crippen LogP contribution in [0, 0.1) is 0 Å². The highest BCUT2D eigenvalue weighted by Crippen LogP contribution is 2.45.